The van der Waals surface area contributed by atoms with Gasteiger partial charge in [-0.05, 0) is 31.9 Å². The SMILES string of the molecule is CCCCCC(SCCCCC(F)(F)CC)C(=O)OCC. The third-order valence-electron chi connectivity index (χ3n) is 3.39. The highest BCUT2D eigenvalue weighted by molar-refractivity contribution is 8.00. The predicted molar refractivity (Wildman–Crippen MR) is 86.1 cm³/mol. The highest BCUT2D eigenvalue weighted by atomic mass is 32.2. The van der Waals surface area contributed by atoms with Crippen LogP contribution in [0.25, 0.3) is 0 Å². The van der Waals surface area contributed by atoms with Gasteiger partial charge in [-0.1, -0.05) is 33.1 Å². The molecule has 0 saturated heterocycles. The van der Waals surface area contributed by atoms with E-state index < -0.39 is 5.92 Å². The first-order valence-corrected chi connectivity index (χ1v) is 9.17. The van der Waals surface area contributed by atoms with E-state index in [1.54, 1.807) is 18.7 Å². The third kappa shape index (κ3) is 11.0. The summed E-state index contributed by atoms with van der Waals surface area (Å²) in [5.41, 5.74) is 0. The van der Waals surface area contributed by atoms with E-state index in [4.69, 9.17) is 4.74 Å². The van der Waals surface area contributed by atoms with Crippen LogP contribution in [0.5, 0.6) is 0 Å². The zero-order valence-electron chi connectivity index (χ0n) is 13.6. The molecule has 0 spiro atoms. The number of carbonyl (C=O) groups is 1. The molecule has 1 unspecified atom stereocenters. The van der Waals surface area contributed by atoms with E-state index in [9.17, 15) is 13.6 Å². The molecule has 5 heteroatoms. The molecular formula is C16H30F2O2S. The number of hydrogen-bond acceptors (Lipinski definition) is 3. The first kappa shape index (κ1) is 20.7. The van der Waals surface area contributed by atoms with E-state index >= 15 is 0 Å². The molecule has 0 amide bonds. The summed E-state index contributed by atoms with van der Waals surface area (Å²) in [4.78, 5) is 11.8. The highest BCUT2D eigenvalue weighted by Crippen LogP contribution is 2.26. The van der Waals surface area contributed by atoms with E-state index in [0.717, 1.165) is 37.9 Å². The predicted octanol–water partition coefficient (Wildman–Crippen LogP) is 5.45. The molecule has 0 aliphatic rings. The van der Waals surface area contributed by atoms with Crippen LogP contribution in [0.3, 0.4) is 0 Å². The second-order valence-corrected chi connectivity index (χ2v) is 6.58. The minimum absolute atomic E-state index is 0.0516. The van der Waals surface area contributed by atoms with Crippen molar-refractivity contribution in [3.8, 4) is 0 Å². The smallest absolute Gasteiger partial charge is 0.319 e. The number of carbonyl (C=O) groups excluding carboxylic acids is 1. The van der Waals surface area contributed by atoms with Crippen LogP contribution in [0.2, 0.25) is 0 Å². The Balaban J connectivity index is 3.97. The van der Waals surface area contributed by atoms with Gasteiger partial charge in [0.2, 0.25) is 5.92 Å². The van der Waals surface area contributed by atoms with E-state index in [0.29, 0.717) is 13.0 Å². The lowest BCUT2D eigenvalue weighted by atomic mass is 10.1. The van der Waals surface area contributed by atoms with Gasteiger partial charge in [0.15, 0.2) is 0 Å². The Morgan fingerprint density at radius 2 is 1.86 bits per heavy atom. The molecular weight excluding hydrogens is 294 g/mol. The van der Waals surface area contributed by atoms with Gasteiger partial charge in [-0.3, -0.25) is 4.79 Å². The molecule has 2 nitrogen and oxygen atoms in total. The maximum atomic E-state index is 13.1. The van der Waals surface area contributed by atoms with Crippen molar-refractivity contribution in [1.82, 2.24) is 0 Å². The topological polar surface area (TPSA) is 26.3 Å². The number of unbranched alkanes of at least 4 members (excludes halogenated alkanes) is 3. The molecule has 0 aliphatic carbocycles. The first-order chi connectivity index (χ1) is 9.96. The van der Waals surface area contributed by atoms with Crippen molar-refractivity contribution in [2.24, 2.45) is 0 Å². The fraction of sp³-hybridized carbons (Fsp3) is 0.938. The molecule has 1 atom stereocenters. The number of ether oxygens (including phenoxy) is 1. The van der Waals surface area contributed by atoms with Gasteiger partial charge in [-0.25, -0.2) is 8.78 Å². The van der Waals surface area contributed by atoms with Crippen LogP contribution in [0.4, 0.5) is 8.78 Å². The summed E-state index contributed by atoms with van der Waals surface area (Å²) >= 11 is 1.56. The van der Waals surface area contributed by atoms with Crippen LogP contribution < -0.4 is 0 Å². The summed E-state index contributed by atoms with van der Waals surface area (Å²) < 4.78 is 31.3. The van der Waals surface area contributed by atoms with Crippen LogP contribution in [-0.2, 0) is 9.53 Å². The molecule has 0 bridgehead atoms. The molecule has 0 heterocycles. The summed E-state index contributed by atoms with van der Waals surface area (Å²) in [5.74, 6) is -1.95. The summed E-state index contributed by atoms with van der Waals surface area (Å²) in [6, 6.07) is 0. The van der Waals surface area contributed by atoms with Gasteiger partial charge in [0.25, 0.3) is 0 Å². The molecule has 0 radical (unpaired) electrons. The van der Waals surface area contributed by atoms with Crippen LogP contribution in [0, 0.1) is 0 Å². The molecule has 0 saturated carbocycles. The third-order valence-corrected chi connectivity index (χ3v) is 4.75. The monoisotopic (exact) mass is 324 g/mol. The number of thioether (sulfide) groups is 1. The standard InChI is InChI=1S/C16H30F2O2S/c1-4-7-8-11-14(15(19)20-6-3)21-13-10-9-12-16(17,18)5-2/h14H,4-13H2,1-3H3. The molecule has 0 N–H and O–H groups in total. The van der Waals surface area contributed by atoms with Crippen LogP contribution >= 0.6 is 11.8 Å². The Morgan fingerprint density at radius 3 is 2.43 bits per heavy atom. The van der Waals surface area contributed by atoms with Crippen molar-refractivity contribution < 1.29 is 18.3 Å². The second-order valence-electron chi connectivity index (χ2n) is 5.27. The second kappa shape index (κ2) is 12.2. The number of alkyl halides is 2. The van der Waals surface area contributed by atoms with Gasteiger partial charge in [-0.2, -0.15) is 0 Å². The highest BCUT2D eigenvalue weighted by Gasteiger charge is 2.25. The van der Waals surface area contributed by atoms with Gasteiger partial charge >= 0.3 is 5.97 Å². The number of hydrogen-bond donors (Lipinski definition) is 0. The molecule has 0 rings (SSSR count). The Hall–Kier alpha value is -0.320. The Bertz CT molecular complexity index is 273. The minimum Gasteiger partial charge on any atom is -0.465 e. The average Bonchev–Trinajstić information content (AvgIpc) is 2.45. The van der Waals surface area contributed by atoms with Crippen molar-refractivity contribution in [3.63, 3.8) is 0 Å². The Morgan fingerprint density at radius 1 is 1.14 bits per heavy atom. The molecule has 21 heavy (non-hydrogen) atoms. The number of halogens is 2. The van der Waals surface area contributed by atoms with Gasteiger partial charge in [0.05, 0.1) is 6.61 Å². The molecule has 0 aromatic rings. The van der Waals surface area contributed by atoms with Gasteiger partial charge in [0, 0.05) is 12.8 Å². The maximum Gasteiger partial charge on any atom is 0.319 e. The van der Waals surface area contributed by atoms with Crippen molar-refractivity contribution >= 4 is 17.7 Å². The van der Waals surface area contributed by atoms with Crippen molar-refractivity contribution in [2.75, 3.05) is 12.4 Å². The van der Waals surface area contributed by atoms with Crippen molar-refractivity contribution in [2.45, 2.75) is 83.3 Å². The van der Waals surface area contributed by atoms with Crippen molar-refractivity contribution in [1.29, 1.82) is 0 Å². The number of rotatable bonds is 13. The summed E-state index contributed by atoms with van der Waals surface area (Å²) in [6.45, 7) is 5.84. The molecule has 0 aliphatic heterocycles. The first-order valence-electron chi connectivity index (χ1n) is 8.12. The van der Waals surface area contributed by atoms with Gasteiger partial charge in [0.1, 0.15) is 5.25 Å². The van der Waals surface area contributed by atoms with Crippen molar-refractivity contribution in [3.05, 3.63) is 0 Å². The lowest BCUT2D eigenvalue weighted by Gasteiger charge is -2.16. The fourth-order valence-corrected chi connectivity index (χ4v) is 3.16. The maximum absolute atomic E-state index is 13.1. The Labute approximate surface area is 132 Å². The van der Waals surface area contributed by atoms with Gasteiger partial charge in [-0.15, -0.1) is 11.8 Å². The zero-order valence-corrected chi connectivity index (χ0v) is 14.4. The summed E-state index contributed by atoms with van der Waals surface area (Å²) in [6.07, 6.45) is 5.16. The van der Waals surface area contributed by atoms with E-state index in [2.05, 4.69) is 6.92 Å². The lowest BCUT2D eigenvalue weighted by molar-refractivity contribution is -0.142. The van der Waals surface area contributed by atoms with Crippen LogP contribution in [0.15, 0.2) is 0 Å². The molecule has 0 fully saturated rings. The van der Waals surface area contributed by atoms with Gasteiger partial charge < -0.3 is 4.74 Å². The minimum atomic E-state index is -2.54. The summed E-state index contributed by atoms with van der Waals surface area (Å²) in [5, 5.41) is -0.136. The quantitative estimate of drug-likeness (QED) is 0.333. The molecule has 126 valence electrons. The van der Waals surface area contributed by atoms with E-state index in [-0.39, 0.29) is 24.1 Å². The summed E-state index contributed by atoms with van der Waals surface area (Å²) in [7, 11) is 0. The largest absolute Gasteiger partial charge is 0.465 e. The fourth-order valence-electron chi connectivity index (χ4n) is 1.97. The molecule has 0 aromatic carbocycles. The van der Waals surface area contributed by atoms with Crippen LogP contribution in [0.1, 0.15) is 72.1 Å². The van der Waals surface area contributed by atoms with Crippen LogP contribution in [-0.4, -0.2) is 29.5 Å². The normalized spacial score (nSPS) is 13.2. The Kier molecular flexibility index (Phi) is 12.1. The van der Waals surface area contributed by atoms with E-state index in [1.807, 2.05) is 0 Å². The van der Waals surface area contributed by atoms with E-state index in [1.165, 1.54) is 6.92 Å². The zero-order chi connectivity index (χ0) is 16.1. The lowest BCUT2D eigenvalue weighted by Crippen LogP contribution is -2.21. The average molecular weight is 324 g/mol. The number of esters is 1. The molecule has 0 aromatic heterocycles.